The highest BCUT2D eigenvalue weighted by atomic mass is 32.2. The third-order valence-electron chi connectivity index (χ3n) is 1.94. The average Bonchev–Trinajstić information content (AvgIpc) is 2.56. The molecule has 0 spiro atoms. The van der Waals surface area contributed by atoms with Crippen molar-refractivity contribution in [2.75, 3.05) is 12.3 Å². The van der Waals surface area contributed by atoms with E-state index in [4.69, 9.17) is 5.73 Å². The van der Waals surface area contributed by atoms with Gasteiger partial charge in [-0.05, 0) is 6.42 Å². The molecule has 0 aromatic carbocycles. The van der Waals surface area contributed by atoms with Gasteiger partial charge >= 0.3 is 0 Å². The fourth-order valence-corrected chi connectivity index (χ4v) is 2.24. The first kappa shape index (κ1) is 9.26. The molecule has 5 nitrogen and oxygen atoms in total. The molecule has 2 heterocycles. The predicted molar refractivity (Wildman–Crippen MR) is 53.7 cm³/mol. The molecule has 1 saturated heterocycles. The first-order valence-corrected chi connectivity index (χ1v) is 5.16. The van der Waals surface area contributed by atoms with E-state index >= 15 is 0 Å². The van der Waals surface area contributed by atoms with E-state index in [2.05, 4.69) is 15.3 Å². The Morgan fingerprint density at radius 3 is 2.93 bits per heavy atom. The molecule has 1 atom stereocenters. The van der Waals surface area contributed by atoms with E-state index in [1.807, 2.05) is 0 Å². The maximum atomic E-state index is 11.3. The molecule has 0 saturated carbocycles. The Labute approximate surface area is 85.5 Å². The number of carbonyl (C=O) groups is 1. The summed E-state index contributed by atoms with van der Waals surface area (Å²) in [7, 11) is 0. The summed E-state index contributed by atoms with van der Waals surface area (Å²) in [6.45, 7) is 0.733. The number of anilines is 1. The van der Waals surface area contributed by atoms with Gasteiger partial charge in [0.15, 0.2) is 5.82 Å². The van der Waals surface area contributed by atoms with Gasteiger partial charge in [0.2, 0.25) is 5.91 Å². The van der Waals surface area contributed by atoms with Gasteiger partial charge in [0.25, 0.3) is 0 Å². The zero-order chi connectivity index (χ0) is 9.97. The summed E-state index contributed by atoms with van der Waals surface area (Å²) in [6, 6.07) is 0. The quantitative estimate of drug-likeness (QED) is 0.720. The van der Waals surface area contributed by atoms with E-state index in [0.717, 1.165) is 13.0 Å². The van der Waals surface area contributed by atoms with Crippen LogP contribution in [0.4, 0.5) is 5.82 Å². The van der Waals surface area contributed by atoms with Crippen LogP contribution in [0.25, 0.3) is 0 Å². The minimum atomic E-state index is -0.0750. The standard InChI is InChI=1S/C8H10N4OS/c9-6-8(12-4-3-10-6)14-5-1-2-11-7(5)13/h3-5H,1-2H2,(H2,9,10)(H,11,13). The number of nitrogen functional groups attached to an aromatic ring is 1. The lowest BCUT2D eigenvalue weighted by Crippen LogP contribution is -2.20. The summed E-state index contributed by atoms with van der Waals surface area (Å²) in [6.07, 6.45) is 3.93. The zero-order valence-corrected chi connectivity index (χ0v) is 8.25. The number of thioether (sulfide) groups is 1. The Hall–Kier alpha value is -1.30. The van der Waals surface area contributed by atoms with Crippen molar-refractivity contribution in [3.63, 3.8) is 0 Å². The van der Waals surface area contributed by atoms with Gasteiger partial charge in [0.05, 0.1) is 5.25 Å². The number of carbonyl (C=O) groups excluding carboxylic acids is 1. The van der Waals surface area contributed by atoms with Crippen LogP contribution >= 0.6 is 11.8 Å². The molecule has 0 radical (unpaired) electrons. The maximum Gasteiger partial charge on any atom is 0.233 e. The monoisotopic (exact) mass is 210 g/mol. The average molecular weight is 210 g/mol. The lowest BCUT2D eigenvalue weighted by Gasteiger charge is -2.06. The van der Waals surface area contributed by atoms with Crippen molar-refractivity contribution in [1.82, 2.24) is 15.3 Å². The van der Waals surface area contributed by atoms with Crippen LogP contribution in [0.3, 0.4) is 0 Å². The third kappa shape index (κ3) is 1.79. The molecule has 1 fully saturated rings. The number of nitrogens with two attached hydrogens (primary N) is 1. The molecule has 6 heteroatoms. The summed E-state index contributed by atoms with van der Waals surface area (Å²) in [4.78, 5) is 19.2. The highest BCUT2D eigenvalue weighted by Crippen LogP contribution is 2.28. The molecule has 1 unspecified atom stereocenters. The summed E-state index contributed by atoms with van der Waals surface area (Å²) in [5.74, 6) is 0.442. The Morgan fingerprint density at radius 2 is 2.29 bits per heavy atom. The first-order chi connectivity index (χ1) is 6.77. The van der Waals surface area contributed by atoms with Gasteiger partial charge in [-0.2, -0.15) is 0 Å². The summed E-state index contributed by atoms with van der Waals surface area (Å²) >= 11 is 1.38. The van der Waals surface area contributed by atoms with Crippen LogP contribution < -0.4 is 11.1 Å². The molecule has 3 N–H and O–H groups in total. The first-order valence-electron chi connectivity index (χ1n) is 4.28. The molecule has 74 valence electrons. The Balaban J connectivity index is 2.10. The third-order valence-corrected chi connectivity index (χ3v) is 3.22. The van der Waals surface area contributed by atoms with E-state index in [1.165, 1.54) is 18.0 Å². The topological polar surface area (TPSA) is 80.9 Å². The number of rotatable bonds is 2. The van der Waals surface area contributed by atoms with Crippen LogP contribution in [0, 0.1) is 0 Å². The van der Waals surface area contributed by atoms with Gasteiger partial charge in [0, 0.05) is 18.9 Å². The highest BCUT2D eigenvalue weighted by molar-refractivity contribution is 8.00. The highest BCUT2D eigenvalue weighted by Gasteiger charge is 2.26. The van der Waals surface area contributed by atoms with E-state index in [9.17, 15) is 4.79 Å². The Morgan fingerprint density at radius 1 is 1.50 bits per heavy atom. The molecule has 1 aliphatic heterocycles. The molecular formula is C8H10N4OS. The minimum Gasteiger partial charge on any atom is -0.381 e. The van der Waals surface area contributed by atoms with Crippen LogP contribution in [0.15, 0.2) is 17.4 Å². The van der Waals surface area contributed by atoms with Gasteiger partial charge < -0.3 is 11.1 Å². The number of aromatic nitrogens is 2. The zero-order valence-electron chi connectivity index (χ0n) is 7.43. The van der Waals surface area contributed by atoms with Crippen molar-refractivity contribution in [2.45, 2.75) is 16.7 Å². The second-order valence-electron chi connectivity index (χ2n) is 2.93. The van der Waals surface area contributed by atoms with E-state index < -0.39 is 0 Å². The maximum absolute atomic E-state index is 11.3. The number of hydrogen-bond donors (Lipinski definition) is 2. The molecule has 14 heavy (non-hydrogen) atoms. The number of amides is 1. The van der Waals surface area contributed by atoms with Crippen molar-refractivity contribution >= 4 is 23.5 Å². The van der Waals surface area contributed by atoms with Crippen LogP contribution in [0.5, 0.6) is 0 Å². The van der Waals surface area contributed by atoms with Crippen LogP contribution in [-0.4, -0.2) is 27.7 Å². The van der Waals surface area contributed by atoms with E-state index in [0.29, 0.717) is 10.8 Å². The Kier molecular flexibility index (Phi) is 2.53. The molecule has 0 aliphatic carbocycles. The molecule has 1 amide bonds. The van der Waals surface area contributed by atoms with E-state index in [-0.39, 0.29) is 11.2 Å². The largest absolute Gasteiger partial charge is 0.381 e. The fourth-order valence-electron chi connectivity index (χ4n) is 1.25. The number of nitrogens with one attached hydrogen (secondary N) is 1. The minimum absolute atomic E-state index is 0.0556. The smallest absolute Gasteiger partial charge is 0.233 e. The van der Waals surface area contributed by atoms with Crippen molar-refractivity contribution in [2.24, 2.45) is 0 Å². The molecular weight excluding hydrogens is 200 g/mol. The van der Waals surface area contributed by atoms with Crippen molar-refractivity contribution < 1.29 is 4.79 Å². The normalized spacial score (nSPS) is 20.9. The summed E-state index contributed by atoms with van der Waals surface area (Å²) in [5.41, 5.74) is 5.62. The van der Waals surface area contributed by atoms with Crippen molar-refractivity contribution in [3.05, 3.63) is 12.4 Å². The second-order valence-corrected chi connectivity index (χ2v) is 4.12. The van der Waals surface area contributed by atoms with Gasteiger partial charge in [-0.1, -0.05) is 11.8 Å². The van der Waals surface area contributed by atoms with Gasteiger partial charge in [-0.3, -0.25) is 4.79 Å². The predicted octanol–water partition coefficient (Wildman–Crippen LogP) is 0.0394. The van der Waals surface area contributed by atoms with Crippen LogP contribution in [0.2, 0.25) is 0 Å². The SMILES string of the molecule is Nc1nccnc1SC1CCNC1=O. The lowest BCUT2D eigenvalue weighted by atomic mass is 10.4. The molecule has 1 aliphatic rings. The second kappa shape index (κ2) is 3.83. The van der Waals surface area contributed by atoms with E-state index in [1.54, 1.807) is 6.20 Å². The molecule has 0 bridgehead atoms. The van der Waals surface area contributed by atoms with Crippen molar-refractivity contribution in [3.8, 4) is 0 Å². The molecule has 1 aromatic heterocycles. The van der Waals surface area contributed by atoms with Crippen LogP contribution in [-0.2, 0) is 4.79 Å². The fraction of sp³-hybridized carbons (Fsp3) is 0.375. The molecule has 1 aromatic rings. The molecule has 2 rings (SSSR count). The summed E-state index contributed by atoms with van der Waals surface area (Å²) in [5, 5.41) is 3.32. The lowest BCUT2D eigenvalue weighted by molar-refractivity contribution is -0.118. The van der Waals surface area contributed by atoms with Crippen molar-refractivity contribution in [1.29, 1.82) is 0 Å². The number of hydrogen-bond acceptors (Lipinski definition) is 5. The van der Waals surface area contributed by atoms with Crippen LogP contribution in [0.1, 0.15) is 6.42 Å². The van der Waals surface area contributed by atoms with Gasteiger partial charge in [-0.15, -0.1) is 0 Å². The Bertz CT molecular complexity index is 357. The summed E-state index contributed by atoms with van der Waals surface area (Å²) < 4.78 is 0. The van der Waals surface area contributed by atoms with Gasteiger partial charge in [-0.25, -0.2) is 9.97 Å². The van der Waals surface area contributed by atoms with Gasteiger partial charge in [0.1, 0.15) is 5.03 Å². The number of nitrogens with zero attached hydrogens (tertiary/aromatic N) is 2.